The average molecular weight is 495 g/mol. The number of hydrogen-bond donors (Lipinski definition) is 0. The van der Waals surface area contributed by atoms with E-state index in [1.54, 1.807) is 0 Å². The number of unbranched alkanes of at least 4 members (excludes halogenated alkanes) is 16. The van der Waals surface area contributed by atoms with Gasteiger partial charge in [0.15, 0.2) is 0 Å². The van der Waals surface area contributed by atoms with Crippen LogP contribution < -0.4 is 17.0 Å². The van der Waals surface area contributed by atoms with Gasteiger partial charge in [-0.05, 0) is 31.9 Å². The van der Waals surface area contributed by atoms with Crippen molar-refractivity contribution in [2.24, 2.45) is 0 Å². The SMILES string of the molecule is CCCCCCCCCCCCCCCCCC[N+](C)(C)C(C)SCCCC.[Br-]. The lowest BCUT2D eigenvalue weighted by Gasteiger charge is -2.35. The van der Waals surface area contributed by atoms with Crippen molar-refractivity contribution in [1.82, 2.24) is 0 Å². The molecule has 0 saturated heterocycles. The lowest BCUT2D eigenvalue weighted by molar-refractivity contribution is -0.898. The van der Waals surface area contributed by atoms with Gasteiger partial charge in [0.1, 0.15) is 5.37 Å². The molecule has 1 nitrogen and oxygen atoms in total. The minimum absolute atomic E-state index is 0. The Bertz CT molecular complexity index is 309. The summed E-state index contributed by atoms with van der Waals surface area (Å²) in [7, 11) is 4.85. The molecule has 0 N–H and O–H groups in total. The van der Waals surface area contributed by atoms with Crippen LogP contribution in [0.15, 0.2) is 0 Å². The van der Waals surface area contributed by atoms with Gasteiger partial charge in [-0.25, -0.2) is 0 Å². The Kier molecular flexibility index (Phi) is 25.9. The van der Waals surface area contributed by atoms with E-state index >= 15 is 0 Å². The second kappa shape index (κ2) is 23.5. The molecule has 1 atom stereocenters. The van der Waals surface area contributed by atoms with Gasteiger partial charge in [-0.2, -0.15) is 0 Å². The number of nitrogens with zero attached hydrogens (tertiary/aromatic N) is 1. The van der Waals surface area contributed by atoms with E-state index in [0.29, 0.717) is 0 Å². The summed E-state index contributed by atoms with van der Waals surface area (Å²) >= 11 is 2.17. The highest BCUT2D eigenvalue weighted by molar-refractivity contribution is 7.99. The third-order valence-electron chi connectivity index (χ3n) is 6.43. The van der Waals surface area contributed by atoms with Crippen LogP contribution in [0, 0.1) is 0 Å². The topological polar surface area (TPSA) is 0 Å². The monoisotopic (exact) mass is 493 g/mol. The van der Waals surface area contributed by atoms with Crippen molar-refractivity contribution in [1.29, 1.82) is 0 Å². The Morgan fingerprint density at radius 3 is 1.28 bits per heavy atom. The fraction of sp³-hybridized carbons (Fsp3) is 1.00. The Morgan fingerprint density at radius 2 is 0.897 bits per heavy atom. The summed E-state index contributed by atoms with van der Waals surface area (Å²) in [5, 5.41) is 0.739. The Hall–Kier alpha value is 0.790. The van der Waals surface area contributed by atoms with Crippen LogP contribution in [0.3, 0.4) is 0 Å². The van der Waals surface area contributed by atoms with Gasteiger partial charge in [0, 0.05) is 0 Å². The fourth-order valence-corrected chi connectivity index (χ4v) is 5.15. The molecular weight excluding hydrogens is 438 g/mol. The molecule has 0 spiro atoms. The minimum atomic E-state index is 0. The van der Waals surface area contributed by atoms with Crippen molar-refractivity contribution in [2.75, 3.05) is 26.4 Å². The molecule has 3 heteroatoms. The quantitative estimate of drug-likeness (QED) is 0.0980. The van der Waals surface area contributed by atoms with Crippen molar-refractivity contribution in [3.63, 3.8) is 0 Å². The molecule has 0 aliphatic rings. The molecule has 0 aromatic heterocycles. The molecule has 1 unspecified atom stereocenters. The highest BCUT2D eigenvalue weighted by Gasteiger charge is 2.23. The van der Waals surface area contributed by atoms with Crippen molar-refractivity contribution < 1.29 is 21.5 Å². The van der Waals surface area contributed by atoms with E-state index in [0.717, 1.165) is 5.37 Å². The number of halogens is 1. The van der Waals surface area contributed by atoms with Crippen LogP contribution >= 0.6 is 11.8 Å². The van der Waals surface area contributed by atoms with E-state index in [1.807, 2.05) is 0 Å². The molecule has 0 amide bonds. The number of rotatable bonds is 22. The molecule has 0 fully saturated rings. The third-order valence-corrected chi connectivity index (χ3v) is 8.01. The lowest BCUT2D eigenvalue weighted by atomic mass is 10.0. The van der Waals surface area contributed by atoms with Crippen LogP contribution in [0.25, 0.3) is 0 Å². The van der Waals surface area contributed by atoms with E-state index in [-0.39, 0.29) is 17.0 Å². The molecule has 0 aromatic carbocycles. The van der Waals surface area contributed by atoms with Gasteiger partial charge in [0.2, 0.25) is 0 Å². The predicted molar refractivity (Wildman–Crippen MR) is 133 cm³/mol. The second-order valence-corrected chi connectivity index (χ2v) is 11.1. The smallest absolute Gasteiger partial charge is 0.132 e. The molecular formula is C26H56BrNS. The molecule has 0 aliphatic carbocycles. The first kappa shape index (κ1) is 32.0. The Balaban J connectivity index is 0. The predicted octanol–water partition coefficient (Wildman–Crippen LogP) is 6.21. The van der Waals surface area contributed by atoms with Crippen molar-refractivity contribution in [3.8, 4) is 0 Å². The minimum Gasteiger partial charge on any atom is -1.00 e. The van der Waals surface area contributed by atoms with E-state index in [4.69, 9.17) is 0 Å². The largest absolute Gasteiger partial charge is 1.00 e. The zero-order valence-electron chi connectivity index (χ0n) is 21.0. The molecule has 0 radical (unpaired) electrons. The Labute approximate surface area is 200 Å². The van der Waals surface area contributed by atoms with Crippen LogP contribution in [0.2, 0.25) is 0 Å². The van der Waals surface area contributed by atoms with Crippen LogP contribution in [-0.4, -0.2) is 36.2 Å². The standard InChI is InChI=1S/C26H56NS.BrH/c1-6-8-10-11-12-13-14-15-16-17-18-19-20-21-22-23-24-27(4,5)26(3)28-25-9-7-2;/h26H,6-25H2,1-5H3;1H/q+1;/p-1. The molecule has 0 rings (SSSR count). The summed E-state index contributed by atoms with van der Waals surface area (Å²) in [5.74, 6) is 1.33. The number of hydrogen-bond acceptors (Lipinski definition) is 1. The van der Waals surface area contributed by atoms with Gasteiger partial charge < -0.3 is 21.5 Å². The van der Waals surface area contributed by atoms with E-state index in [1.165, 1.54) is 132 Å². The highest BCUT2D eigenvalue weighted by Crippen LogP contribution is 2.22. The molecule has 0 bridgehead atoms. The Morgan fingerprint density at radius 1 is 0.552 bits per heavy atom. The summed E-state index contributed by atoms with van der Waals surface area (Å²) < 4.78 is 1.19. The third kappa shape index (κ3) is 21.8. The molecule has 0 aromatic rings. The maximum Gasteiger partial charge on any atom is 0.132 e. The van der Waals surface area contributed by atoms with Gasteiger partial charge in [0.25, 0.3) is 0 Å². The summed E-state index contributed by atoms with van der Waals surface area (Å²) in [5.41, 5.74) is 0. The summed E-state index contributed by atoms with van der Waals surface area (Å²) in [6.07, 6.45) is 26.0. The van der Waals surface area contributed by atoms with Gasteiger partial charge in [-0.3, -0.25) is 0 Å². The van der Waals surface area contributed by atoms with Gasteiger partial charge in [-0.1, -0.05) is 122 Å². The first-order chi connectivity index (χ1) is 13.5. The normalized spacial score (nSPS) is 12.7. The van der Waals surface area contributed by atoms with Crippen molar-refractivity contribution in [3.05, 3.63) is 0 Å². The second-order valence-electron chi connectivity index (χ2n) is 9.63. The van der Waals surface area contributed by atoms with E-state index in [9.17, 15) is 0 Å². The summed E-state index contributed by atoms with van der Waals surface area (Å²) in [4.78, 5) is 0. The van der Waals surface area contributed by atoms with Crippen molar-refractivity contribution in [2.45, 2.75) is 142 Å². The number of quaternary nitrogens is 1. The van der Waals surface area contributed by atoms with Crippen LogP contribution in [0.5, 0.6) is 0 Å². The van der Waals surface area contributed by atoms with E-state index in [2.05, 4.69) is 46.6 Å². The average Bonchev–Trinajstić information content (AvgIpc) is 2.67. The van der Waals surface area contributed by atoms with Crippen LogP contribution in [0.1, 0.15) is 136 Å². The lowest BCUT2D eigenvalue weighted by Crippen LogP contribution is -3.00. The maximum absolute atomic E-state index is 2.43. The summed E-state index contributed by atoms with van der Waals surface area (Å²) in [6, 6.07) is 0. The van der Waals surface area contributed by atoms with Crippen molar-refractivity contribution >= 4 is 11.8 Å². The highest BCUT2D eigenvalue weighted by atomic mass is 79.9. The summed E-state index contributed by atoms with van der Waals surface area (Å²) in [6.45, 7) is 8.36. The molecule has 0 aliphatic heterocycles. The number of thioether (sulfide) groups is 1. The molecule has 0 saturated carbocycles. The zero-order valence-corrected chi connectivity index (χ0v) is 23.4. The molecule has 0 heterocycles. The molecule has 29 heavy (non-hydrogen) atoms. The first-order valence-corrected chi connectivity index (χ1v) is 14.0. The zero-order chi connectivity index (χ0) is 20.9. The van der Waals surface area contributed by atoms with Gasteiger partial charge in [-0.15, -0.1) is 0 Å². The van der Waals surface area contributed by atoms with Crippen LogP contribution in [0.4, 0.5) is 0 Å². The van der Waals surface area contributed by atoms with Gasteiger partial charge in [0.05, 0.1) is 20.6 Å². The van der Waals surface area contributed by atoms with Crippen LogP contribution in [-0.2, 0) is 0 Å². The first-order valence-electron chi connectivity index (χ1n) is 13.0. The van der Waals surface area contributed by atoms with Gasteiger partial charge >= 0.3 is 0 Å². The maximum atomic E-state index is 2.43. The molecule has 178 valence electrons. The van der Waals surface area contributed by atoms with E-state index < -0.39 is 0 Å². The fourth-order valence-electron chi connectivity index (χ4n) is 3.85.